The molecule has 0 heterocycles. The molecule has 0 atom stereocenters. The monoisotopic (exact) mass is 373 g/mol. The summed E-state index contributed by atoms with van der Waals surface area (Å²) in [6.07, 6.45) is 5.07. The van der Waals surface area contributed by atoms with Crippen LogP contribution in [0.15, 0.2) is 40.9 Å². The second-order valence-electron chi connectivity index (χ2n) is 6.71. The summed E-state index contributed by atoms with van der Waals surface area (Å²) in [5, 5.41) is 5.45. The standard InChI is InChI=1S/C19H20BrNO2/c20-16-7-5-15-10-17(8-6-14(15)9-16)23-11-18(22)21-19(12-1-2-12)13-3-4-13/h5-10,12-13,19H,1-4,11H2,(H,21,22). The van der Waals surface area contributed by atoms with Crippen molar-refractivity contribution in [2.45, 2.75) is 31.7 Å². The number of fused-ring (bicyclic) bond motifs is 1. The smallest absolute Gasteiger partial charge is 0.258 e. The molecule has 2 aliphatic rings. The maximum Gasteiger partial charge on any atom is 0.258 e. The van der Waals surface area contributed by atoms with Gasteiger partial charge in [-0.2, -0.15) is 0 Å². The number of amides is 1. The van der Waals surface area contributed by atoms with E-state index >= 15 is 0 Å². The SMILES string of the molecule is O=C(COc1ccc2cc(Br)ccc2c1)NC(C1CC1)C1CC1. The molecule has 2 fully saturated rings. The lowest BCUT2D eigenvalue weighted by molar-refractivity contribution is -0.124. The molecule has 3 nitrogen and oxygen atoms in total. The van der Waals surface area contributed by atoms with Crippen LogP contribution in [0.2, 0.25) is 0 Å². The first-order valence-electron chi connectivity index (χ1n) is 8.30. The summed E-state index contributed by atoms with van der Waals surface area (Å²) < 4.78 is 6.74. The first-order valence-corrected chi connectivity index (χ1v) is 9.10. The highest BCUT2D eigenvalue weighted by Gasteiger charge is 2.42. The van der Waals surface area contributed by atoms with E-state index in [4.69, 9.17) is 4.74 Å². The number of hydrogen-bond donors (Lipinski definition) is 1. The van der Waals surface area contributed by atoms with Crippen LogP contribution >= 0.6 is 15.9 Å². The summed E-state index contributed by atoms with van der Waals surface area (Å²) in [6.45, 7) is 0.0952. The molecule has 2 saturated carbocycles. The van der Waals surface area contributed by atoms with Crippen LogP contribution in [0.1, 0.15) is 25.7 Å². The van der Waals surface area contributed by atoms with Crippen molar-refractivity contribution in [3.63, 3.8) is 0 Å². The second-order valence-corrected chi connectivity index (χ2v) is 7.63. The average Bonchev–Trinajstić information content (AvgIpc) is 3.43. The molecule has 23 heavy (non-hydrogen) atoms. The fourth-order valence-corrected chi connectivity index (χ4v) is 3.57. The molecule has 0 aromatic heterocycles. The number of ether oxygens (including phenoxy) is 1. The van der Waals surface area contributed by atoms with Gasteiger partial charge in [-0.25, -0.2) is 0 Å². The lowest BCUT2D eigenvalue weighted by atomic mass is 10.1. The molecule has 0 bridgehead atoms. The van der Waals surface area contributed by atoms with Crippen molar-refractivity contribution >= 4 is 32.6 Å². The average molecular weight is 374 g/mol. The quantitative estimate of drug-likeness (QED) is 0.820. The highest BCUT2D eigenvalue weighted by Crippen LogP contribution is 2.44. The number of carbonyl (C=O) groups is 1. The largest absolute Gasteiger partial charge is 0.484 e. The zero-order valence-electron chi connectivity index (χ0n) is 12.9. The minimum absolute atomic E-state index is 0.00435. The van der Waals surface area contributed by atoms with Crippen molar-refractivity contribution in [2.24, 2.45) is 11.8 Å². The van der Waals surface area contributed by atoms with Crippen molar-refractivity contribution in [3.8, 4) is 5.75 Å². The molecule has 2 aromatic carbocycles. The Morgan fingerprint density at radius 2 is 1.74 bits per heavy atom. The van der Waals surface area contributed by atoms with E-state index < -0.39 is 0 Å². The van der Waals surface area contributed by atoms with E-state index in [2.05, 4.69) is 27.3 Å². The van der Waals surface area contributed by atoms with Gasteiger partial charge in [0.1, 0.15) is 5.75 Å². The summed E-state index contributed by atoms with van der Waals surface area (Å²) >= 11 is 3.47. The van der Waals surface area contributed by atoms with Gasteiger partial charge in [-0.05, 0) is 72.6 Å². The van der Waals surface area contributed by atoms with E-state index in [-0.39, 0.29) is 12.5 Å². The van der Waals surface area contributed by atoms with Gasteiger partial charge >= 0.3 is 0 Å². The molecular formula is C19H20BrNO2. The molecular weight excluding hydrogens is 354 g/mol. The summed E-state index contributed by atoms with van der Waals surface area (Å²) in [5.41, 5.74) is 0. The van der Waals surface area contributed by atoms with Crippen LogP contribution < -0.4 is 10.1 Å². The fraction of sp³-hybridized carbons (Fsp3) is 0.421. The third-order valence-electron chi connectivity index (χ3n) is 4.73. The summed E-state index contributed by atoms with van der Waals surface area (Å²) in [7, 11) is 0. The fourth-order valence-electron chi connectivity index (χ4n) is 3.19. The molecule has 0 radical (unpaired) electrons. The Labute approximate surface area is 144 Å². The maximum absolute atomic E-state index is 12.2. The molecule has 0 unspecified atom stereocenters. The zero-order valence-corrected chi connectivity index (χ0v) is 14.5. The second kappa shape index (κ2) is 6.16. The van der Waals surface area contributed by atoms with E-state index in [0.29, 0.717) is 17.9 Å². The van der Waals surface area contributed by atoms with Crippen molar-refractivity contribution in [1.29, 1.82) is 0 Å². The van der Waals surface area contributed by atoms with E-state index in [1.807, 2.05) is 30.3 Å². The van der Waals surface area contributed by atoms with Crippen LogP contribution in [-0.4, -0.2) is 18.6 Å². The Morgan fingerprint density at radius 1 is 1.09 bits per heavy atom. The Morgan fingerprint density at radius 3 is 2.43 bits per heavy atom. The number of rotatable bonds is 6. The highest BCUT2D eigenvalue weighted by molar-refractivity contribution is 9.10. The molecule has 0 saturated heterocycles. The molecule has 4 rings (SSSR count). The first-order chi connectivity index (χ1) is 11.2. The minimum Gasteiger partial charge on any atom is -0.484 e. The van der Waals surface area contributed by atoms with Gasteiger partial charge in [0.05, 0.1) is 0 Å². The number of nitrogens with one attached hydrogen (secondary N) is 1. The van der Waals surface area contributed by atoms with Crippen molar-refractivity contribution in [1.82, 2.24) is 5.32 Å². The molecule has 1 N–H and O–H groups in total. The maximum atomic E-state index is 12.2. The van der Waals surface area contributed by atoms with E-state index in [0.717, 1.165) is 21.0 Å². The Kier molecular flexibility index (Phi) is 4.02. The summed E-state index contributed by atoms with van der Waals surface area (Å²) in [6, 6.07) is 12.4. The van der Waals surface area contributed by atoms with Gasteiger partial charge in [0.2, 0.25) is 0 Å². The third kappa shape index (κ3) is 3.69. The predicted molar refractivity (Wildman–Crippen MR) is 94.5 cm³/mol. The summed E-state index contributed by atoms with van der Waals surface area (Å²) in [4.78, 5) is 12.2. The number of halogens is 1. The molecule has 120 valence electrons. The molecule has 1 amide bonds. The molecule has 2 aromatic rings. The molecule has 0 aliphatic heterocycles. The summed E-state index contributed by atoms with van der Waals surface area (Å²) in [5.74, 6) is 2.17. The van der Waals surface area contributed by atoms with Gasteiger partial charge in [0.15, 0.2) is 6.61 Å². The zero-order chi connectivity index (χ0) is 15.8. The van der Waals surface area contributed by atoms with Gasteiger partial charge in [-0.1, -0.05) is 28.1 Å². The Hall–Kier alpha value is -1.55. The topological polar surface area (TPSA) is 38.3 Å². The van der Waals surface area contributed by atoms with E-state index in [1.165, 1.54) is 25.7 Å². The van der Waals surface area contributed by atoms with Crippen LogP contribution in [0.4, 0.5) is 0 Å². The van der Waals surface area contributed by atoms with Crippen molar-refractivity contribution < 1.29 is 9.53 Å². The lowest BCUT2D eigenvalue weighted by Gasteiger charge is -2.17. The van der Waals surface area contributed by atoms with Crippen LogP contribution in [-0.2, 0) is 4.79 Å². The van der Waals surface area contributed by atoms with Gasteiger partial charge in [0, 0.05) is 10.5 Å². The molecule has 4 heteroatoms. The van der Waals surface area contributed by atoms with Gasteiger partial charge in [-0.15, -0.1) is 0 Å². The van der Waals surface area contributed by atoms with Gasteiger partial charge < -0.3 is 10.1 Å². The highest BCUT2D eigenvalue weighted by atomic mass is 79.9. The van der Waals surface area contributed by atoms with Crippen LogP contribution in [0.5, 0.6) is 5.75 Å². The van der Waals surface area contributed by atoms with E-state index in [9.17, 15) is 4.79 Å². The first kappa shape index (κ1) is 15.0. The van der Waals surface area contributed by atoms with Gasteiger partial charge in [-0.3, -0.25) is 4.79 Å². The molecule has 2 aliphatic carbocycles. The number of carbonyl (C=O) groups excluding carboxylic acids is 1. The number of benzene rings is 2. The van der Waals surface area contributed by atoms with Gasteiger partial charge in [0.25, 0.3) is 5.91 Å². The normalized spacial score (nSPS) is 17.5. The van der Waals surface area contributed by atoms with Crippen LogP contribution in [0, 0.1) is 11.8 Å². The van der Waals surface area contributed by atoms with Crippen LogP contribution in [0.3, 0.4) is 0 Å². The Bertz CT molecular complexity index is 725. The minimum atomic E-state index is 0.00435. The number of hydrogen-bond acceptors (Lipinski definition) is 2. The Balaban J connectivity index is 1.36. The van der Waals surface area contributed by atoms with Crippen molar-refractivity contribution in [3.05, 3.63) is 40.9 Å². The van der Waals surface area contributed by atoms with Crippen molar-refractivity contribution in [2.75, 3.05) is 6.61 Å². The predicted octanol–water partition coefficient (Wildman–Crippen LogP) is 4.29. The van der Waals surface area contributed by atoms with Crippen LogP contribution in [0.25, 0.3) is 10.8 Å². The third-order valence-corrected chi connectivity index (χ3v) is 5.22. The molecule has 0 spiro atoms. The van der Waals surface area contributed by atoms with E-state index in [1.54, 1.807) is 0 Å². The lowest BCUT2D eigenvalue weighted by Crippen LogP contribution is -2.40.